The molecule has 4 aromatic rings. The van der Waals surface area contributed by atoms with Crippen LogP contribution >= 0.6 is 11.6 Å². The summed E-state index contributed by atoms with van der Waals surface area (Å²) in [6.45, 7) is 0.651. The van der Waals surface area contributed by atoms with Crippen LogP contribution in [0.4, 0.5) is 0 Å². The highest BCUT2D eigenvalue weighted by Crippen LogP contribution is 2.33. The first kappa shape index (κ1) is 17.0. The third-order valence-corrected chi connectivity index (χ3v) is 5.59. The Morgan fingerprint density at radius 3 is 2.39 bits per heavy atom. The lowest BCUT2D eigenvalue weighted by Crippen LogP contribution is -2.17. The maximum atomic E-state index is 13.1. The number of halogens is 1. The second-order valence-corrected chi connectivity index (χ2v) is 7.47. The molecule has 0 unspecified atom stereocenters. The van der Waals surface area contributed by atoms with E-state index in [0.29, 0.717) is 22.7 Å². The molecule has 136 valence electrons. The Labute approximate surface area is 166 Å². The summed E-state index contributed by atoms with van der Waals surface area (Å²) < 4.78 is 1.81. The van der Waals surface area contributed by atoms with E-state index in [1.165, 1.54) is 0 Å². The number of carbonyl (C=O) groups is 1. The summed E-state index contributed by atoms with van der Waals surface area (Å²) in [5.41, 5.74) is 5.06. The van der Waals surface area contributed by atoms with Gasteiger partial charge in [0.25, 0.3) is 5.56 Å². The Morgan fingerprint density at radius 2 is 1.64 bits per heavy atom. The Hall–Kier alpha value is -3.17. The summed E-state index contributed by atoms with van der Waals surface area (Å²) in [4.78, 5) is 25.7. The Kier molecular flexibility index (Phi) is 3.92. The van der Waals surface area contributed by atoms with Crippen molar-refractivity contribution in [1.82, 2.24) is 4.57 Å². The lowest BCUT2D eigenvalue weighted by atomic mass is 9.94. The lowest BCUT2D eigenvalue weighted by Gasteiger charge is -2.12. The Morgan fingerprint density at radius 1 is 0.893 bits per heavy atom. The van der Waals surface area contributed by atoms with Crippen LogP contribution in [-0.2, 0) is 13.0 Å². The highest BCUT2D eigenvalue weighted by molar-refractivity contribution is 6.30. The van der Waals surface area contributed by atoms with E-state index >= 15 is 0 Å². The number of hydrogen-bond acceptors (Lipinski definition) is 2. The number of ketones is 1. The van der Waals surface area contributed by atoms with Gasteiger partial charge in [-0.1, -0.05) is 41.9 Å². The second kappa shape index (κ2) is 6.47. The van der Waals surface area contributed by atoms with Crippen molar-refractivity contribution in [2.24, 2.45) is 0 Å². The Bertz CT molecular complexity index is 1290. The van der Waals surface area contributed by atoms with Crippen LogP contribution in [0.1, 0.15) is 21.5 Å². The molecule has 0 bridgehead atoms. The molecule has 0 saturated heterocycles. The maximum absolute atomic E-state index is 13.1. The molecule has 1 aromatic heterocycles. The van der Waals surface area contributed by atoms with Gasteiger partial charge in [0.15, 0.2) is 5.78 Å². The van der Waals surface area contributed by atoms with Gasteiger partial charge in [-0.2, -0.15) is 0 Å². The molecule has 0 saturated carbocycles. The minimum absolute atomic E-state index is 0.00174. The van der Waals surface area contributed by atoms with Crippen molar-refractivity contribution in [3.8, 4) is 11.1 Å². The third kappa shape index (κ3) is 2.67. The van der Waals surface area contributed by atoms with Crippen LogP contribution in [0.2, 0.25) is 5.02 Å². The summed E-state index contributed by atoms with van der Waals surface area (Å²) >= 11 is 5.95. The van der Waals surface area contributed by atoms with Crippen molar-refractivity contribution in [2.45, 2.75) is 13.0 Å². The second-order valence-electron chi connectivity index (χ2n) is 7.03. The quantitative estimate of drug-likeness (QED) is 0.460. The zero-order chi connectivity index (χ0) is 19.3. The fourth-order valence-corrected chi connectivity index (χ4v) is 4.13. The predicted molar refractivity (Wildman–Crippen MR) is 112 cm³/mol. The van der Waals surface area contributed by atoms with Gasteiger partial charge in [0.2, 0.25) is 0 Å². The highest BCUT2D eigenvalue weighted by atomic mass is 35.5. The van der Waals surface area contributed by atoms with E-state index in [4.69, 9.17) is 11.6 Å². The van der Waals surface area contributed by atoms with E-state index in [1.807, 2.05) is 47.0 Å². The first-order valence-corrected chi connectivity index (χ1v) is 9.56. The number of nitrogens with zero attached hydrogens (tertiary/aromatic N) is 1. The van der Waals surface area contributed by atoms with E-state index in [2.05, 4.69) is 0 Å². The normalized spacial score (nSPS) is 12.5. The van der Waals surface area contributed by atoms with Gasteiger partial charge in [0.1, 0.15) is 0 Å². The standard InChI is InChI=1S/C24H16ClNO2/c25-19-8-6-16(7-9-19)24(28)18-12-17-10-11-26-22(27)14-20(21(13-18)23(17)26)15-4-2-1-3-5-15/h1-9,12-14H,10-11H2. The van der Waals surface area contributed by atoms with Gasteiger partial charge >= 0.3 is 0 Å². The summed E-state index contributed by atoms with van der Waals surface area (Å²) in [6.07, 6.45) is 0.756. The van der Waals surface area contributed by atoms with Crippen molar-refractivity contribution in [1.29, 1.82) is 0 Å². The van der Waals surface area contributed by atoms with E-state index in [1.54, 1.807) is 30.3 Å². The molecule has 0 fully saturated rings. The molecule has 1 aliphatic heterocycles. The minimum Gasteiger partial charge on any atom is -0.308 e. The molecule has 28 heavy (non-hydrogen) atoms. The molecule has 0 amide bonds. The molecule has 5 rings (SSSR count). The van der Waals surface area contributed by atoms with Crippen LogP contribution in [0.15, 0.2) is 77.6 Å². The molecule has 0 radical (unpaired) electrons. The van der Waals surface area contributed by atoms with E-state index < -0.39 is 0 Å². The molecule has 0 N–H and O–H groups in total. The third-order valence-electron chi connectivity index (χ3n) is 5.34. The number of aryl methyl sites for hydroxylation is 2. The van der Waals surface area contributed by atoms with Gasteiger partial charge in [-0.3, -0.25) is 9.59 Å². The van der Waals surface area contributed by atoms with Crippen LogP contribution in [0.3, 0.4) is 0 Å². The fraction of sp³-hybridized carbons (Fsp3) is 0.0833. The number of pyridine rings is 1. The SMILES string of the molecule is O=C(c1ccc(Cl)cc1)c1cc2c3c(c1)c(-c1ccccc1)cc(=O)n3CC2. The topological polar surface area (TPSA) is 39.1 Å². The van der Waals surface area contributed by atoms with Gasteiger partial charge in [-0.25, -0.2) is 0 Å². The summed E-state index contributed by atoms with van der Waals surface area (Å²) in [5, 5.41) is 1.54. The molecule has 0 atom stereocenters. The van der Waals surface area contributed by atoms with Crippen molar-refractivity contribution in [3.05, 3.63) is 105 Å². The average molecular weight is 386 g/mol. The van der Waals surface area contributed by atoms with Gasteiger partial charge in [-0.15, -0.1) is 0 Å². The number of hydrogen-bond donors (Lipinski definition) is 0. The highest BCUT2D eigenvalue weighted by Gasteiger charge is 2.22. The van der Waals surface area contributed by atoms with Gasteiger partial charge in [0, 0.05) is 34.1 Å². The van der Waals surface area contributed by atoms with Gasteiger partial charge in [-0.05, 0) is 59.5 Å². The molecule has 3 nitrogen and oxygen atoms in total. The van der Waals surface area contributed by atoms with Crippen LogP contribution in [0.5, 0.6) is 0 Å². The minimum atomic E-state index is -0.0431. The first-order chi connectivity index (χ1) is 13.6. The largest absolute Gasteiger partial charge is 0.308 e. The van der Waals surface area contributed by atoms with Crippen LogP contribution < -0.4 is 5.56 Å². The van der Waals surface area contributed by atoms with Crippen molar-refractivity contribution in [2.75, 3.05) is 0 Å². The molecular formula is C24H16ClNO2. The van der Waals surface area contributed by atoms with Gasteiger partial charge < -0.3 is 4.57 Å². The number of aromatic nitrogens is 1. The van der Waals surface area contributed by atoms with E-state index in [0.717, 1.165) is 34.0 Å². The van der Waals surface area contributed by atoms with E-state index in [-0.39, 0.29) is 11.3 Å². The molecule has 2 heterocycles. The zero-order valence-corrected chi connectivity index (χ0v) is 15.7. The number of benzene rings is 3. The number of rotatable bonds is 3. The molecule has 1 aliphatic rings. The van der Waals surface area contributed by atoms with Gasteiger partial charge in [0.05, 0.1) is 5.52 Å². The zero-order valence-electron chi connectivity index (χ0n) is 15.0. The molecular weight excluding hydrogens is 370 g/mol. The number of carbonyl (C=O) groups excluding carboxylic acids is 1. The van der Waals surface area contributed by atoms with Crippen molar-refractivity contribution >= 4 is 28.3 Å². The molecule has 3 aromatic carbocycles. The molecule has 0 aliphatic carbocycles. The van der Waals surface area contributed by atoms with Crippen LogP contribution in [-0.4, -0.2) is 10.4 Å². The maximum Gasteiger partial charge on any atom is 0.251 e. The van der Waals surface area contributed by atoms with Crippen LogP contribution in [0, 0.1) is 0 Å². The smallest absolute Gasteiger partial charge is 0.251 e. The first-order valence-electron chi connectivity index (χ1n) is 9.18. The molecule has 4 heteroatoms. The summed E-state index contributed by atoms with van der Waals surface area (Å²) in [5.74, 6) is -0.0431. The van der Waals surface area contributed by atoms with E-state index in [9.17, 15) is 9.59 Å². The fourth-order valence-electron chi connectivity index (χ4n) is 4.01. The monoisotopic (exact) mass is 385 g/mol. The Balaban J connectivity index is 1.77. The van der Waals surface area contributed by atoms with Crippen LogP contribution in [0.25, 0.3) is 22.0 Å². The summed E-state index contributed by atoms with van der Waals surface area (Å²) in [6, 6.07) is 22.3. The predicted octanol–water partition coefficient (Wildman–Crippen LogP) is 5.11. The summed E-state index contributed by atoms with van der Waals surface area (Å²) in [7, 11) is 0. The van der Waals surface area contributed by atoms with Crippen molar-refractivity contribution in [3.63, 3.8) is 0 Å². The average Bonchev–Trinajstić information content (AvgIpc) is 3.16. The lowest BCUT2D eigenvalue weighted by molar-refractivity contribution is 0.103. The van der Waals surface area contributed by atoms with Crippen molar-refractivity contribution < 1.29 is 4.79 Å². The molecule has 0 spiro atoms.